The van der Waals surface area contributed by atoms with E-state index in [1.165, 1.54) is 17.1 Å². The van der Waals surface area contributed by atoms with Gasteiger partial charge in [-0.25, -0.2) is 8.42 Å². The Morgan fingerprint density at radius 2 is 1.96 bits per heavy atom. The molecule has 0 spiro atoms. The van der Waals surface area contributed by atoms with Crippen molar-refractivity contribution in [2.24, 2.45) is 0 Å². The van der Waals surface area contributed by atoms with Crippen LogP contribution in [0.25, 0.3) is 0 Å². The van der Waals surface area contributed by atoms with Crippen LogP contribution in [-0.2, 0) is 10.0 Å². The van der Waals surface area contributed by atoms with E-state index in [2.05, 4.69) is 5.32 Å². The normalized spacial score (nSPS) is 30.4. The number of sulfonamides is 1. The van der Waals surface area contributed by atoms with Crippen LogP contribution < -0.4 is 9.62 Å². The van der Waals surface area contributed by atoms with Crippen LogP contribution in [0, 0.1) is 0 Å². The fourth-order valence-corrected chi connectivity index (χ4v) is 5.99. The highest BCUT2D eigenvalue weighted by atomic mass is 32.2. The molecule has 6 nitrogen and oxygen atoms in total. The van der Waals surface area contributed by atoms with Crippen LogP contribution >= 0.6 is 0 Å². The Balaban J connectivity index is 1.53. The number of amides is 1. The zero-order valence-corrected chi connectivity index (χ0v) is 15.3. The zero-order chi connectivity index (χ0) is 17.6. The fourth-order valence-electron chi connectivity index (χ4n) is 4.44. The Morgan fingerprint density at radius 3 is 2.60 bits per heavy atom. The molecule has 136 valence electrons. The summed E-state index contributed by atoms with van der Waals surface area (Å²) in [5, 5.41) is 3.60. The van der Waals surface area contributed by atoms with Crippen molar-refractivity contribution >= 4 is 21.6 Å². The van der Waals surface area contributed by atoms with Crippen LogP contribution in [0.15, 0.2) is 24.3 Å². The number of hydrogen-bond donors (Lipinski definition) is 1. The quantitative estimate of drug-likeness (QED) is 0.885. The molecule has 1 aromatic rings. The highest BCUT2D eigenvalue weighted by molar-refractivity contribution is 7.93. The largest absolute Gasteiger partial charge is 0.339 e. The predicted octanol–water partition coefficient (Wildman–Crippen LogP) is 1.58. The van der Waals surface area contributed by atoms with Crippen LogP contribution in [0.4, 0.5) is 5.69 Å². The molecule has 2 unspecified atom stereocenters. The Morgan fingerprint density at radius 1 is 1.24 bits per heavy atom. The van der Waals surface area contributed by atoms with Crippen LogP contribution in [0.1, 0.15) is 42.5 Å². The van der Waals surface area contributed by atoms with Crippen LogP contribution in [0.3, 0.4) is 0 Å². The lowest BCUT2D eigenvalue weighted by Crippen LogP contribution is -2.48. The smallest absolute Gasteiger partial charge is 0.253 e. The van der Waals surface area contributed by atoms with E-state index in [-0.39, 0.29) is 17.7 Å². The zero-order valence-electron chi connectivity index (χ0n) is 14.5. The van der Waals surface area contributed by atoms with Gasteiger partial charge in [0.05, 0.1) is 11.4 Å². The molecule has 1 amide bonds. The van der Waals surface area contributed by atoms with Gasteiger partial charge in [0.2, 0.25) is 10.0 Å². The highest BCUT2D eigenvalue weighted by Gasteiger charge is 2.36. The summed E-state index contributed by atoms with van der Waals surface area (Å²) in [6.07, 6.45) is 5.03. The first-order chi connectivity index (χ1) is 11.9. The van der Waals surface area contributed by atoms with E-state index in [1.54, 1.807) is 24.3 Å². The molecule has 0 saturated carbocycles. The molecule has 2 atom stereocenters. The monoisotopic (exact) mass is 363 g/mol. The number of piperidine rings is 1. The minimum absolute atomic E-state index is 0.0234. The molecular weight excluding hydrogens is 338 g/mol. The highest BCUT2D eigenvalue weighted by Crippen LogP contribution is 2.30. The average molecular weight is 363 g/mol. The Kier molecular flexibility index (Phi) is 4.24. The summed E-state index contributed by atoms with van der Waals surface area (Å²) in [5.74, 6) is 0.160. The van der Waals surface area contributed by atoms with Crippen molar-refractivity contribution in [3.8, 4) is 0 Å². The number of anilines is 1. The van der Waals surface area contributed by atoms with Gasteiger partial charge in [-0.15, -0.1) is 0 Å². The predicted molar refractivity (Wildman–Crippen MR) is 97.3 cm³/mol. The molecule has 3 aliphatic rings. The maximum absolute atomic E-state index is 12.9. The summed E-state index contributed by atoms with van der Waals surface area (Å²) < 4.78 is 25.7. The first-order valence-electron chi connectivity index (χ1n) is 9.08. The first kappa shape index (κ1) is 16.8. The number of rotatable bonds is 3. The van der Waals surface area contributed by atoms with Crippen LogP contribution in [0.2, 0.25) is 0 Å². The SMILES string of the molecule is CN(C(=O)c1cccc(N2CCCS2(=O)=O)c1)C1CC2CCC(C1)N2. The maximum Gasteiger partial charge on any atom is 0.253 e. The third-order valence-electron chi connectivity index (χ3n) is 5.80. The lowest BCUT2D eigenvalue weighted by molar-refractivity contribution is 0.0681. The van der Waals surface area contributed by atoms with Gasteiger partial charge in [0.15, 0.2) is 0 Å². The van der Waals surface area contributed by atoms with Gasteiger partial charge in [-0.2, -0.15) is 0 Å². The van der Waals surface area contributed by atoms with E-state index in [1.807, 2.05) is 11.9 Å². The minimum Gasteiger partial charge on any atom is -0.339 e. The number of nitrogens with zero attached hydrogens (tertiary/aromatic N) is 2. The summed E-state index contributed by atoms with van der Waals surface area (Å²) in [4.78, 5) is 14.8. The molecule has 0 radical (unpaired) electrons. The molecule has 1 N–H and O–H groups in total. The van der Waals surface area contributed by atoms with Crippen molar-refractivity contribution in [2.75, 3.05) is 23.7 Å². The second-order valence-corrected chi connectivity index (χ2v) is 9.48. The number of hydrogen-bond acceptors (Lipinski definition) is 4. The second kappa shape index (κ2) is 6.29. The van der Waals surface area contributed by atoms with Crippen molar-refractivity contribution < 1.29 is 13.2 Å². The Labute approximate surface area is 149 Å². The average Bonchev–Trinajstić information content (AvgIpc) is 3.14. The standard InChI is InChI=1S/C18H25N3O3S/c1-20(17-11-14-6-7-15(12-17)19-14)18(22)13-4-2-5-16(10-13)21-8-3-9-25(21,23)24/h2,4-5,10,14-15,17,19H,3,6-9,11-12H2,1H3. The molecule has 3 saturated heterocycles. The van der Waals surface area contributed by atoms with E-state index in [0.717, 1.165) is 12.8 Å². The molecule has 7 heteroatoms. The molecule has 25 heavy (non-hydrogen) atoms. The maximum atomic E-state index is 12.9. The summed E-state index contributed by atoms with van der Waals surface area (Å²) in [6, 6.07) is 8.35. The van der Waals surface area contributed by atoms with Crippen LogP contribution in [-0.4, -0.2) is 56.7 Å². The molecule has 0 aromatic heterocycles. The van der Waals surface area contributed by atoms with Gasteiger partial charge in [-0.05, 0) is 50.3 Å². The van der Waals surface area contributed by atoms with Crippen molar-refractivity contribution in [3.63, 3.8) is 0 Å². The number of benzene rings is 1. The molecular formula is C18H25N3O3S. The summed E-state index contributed by atoms with van der Waals surface area (Å²) in [5.41, 5.74) is 1.16. The number of carbonyl (C=O) groups excluding carboxylic acids is 1. The molecule has 3 heterocycles. The van der Waals surface area contributed by atoms with Crippen molar-refractivity contribution in [2.45, 2.75) is 50.2 Å². The number of fused-ring (bicyclic) bond motifs is 2. The second-order valence-electron chi connectivity index (χ2n) is 7.47. The van der Waals surface area contributed by atoms with E-state index in [4.69, 9.17) is 0 Å². The van der Waals surface area contributed by atoms with Gasteiger partial charge >= 0.3 is 0 Å². The van der Waals surface area contributed by atoms with Gasteiger partial charge in [0.1, 0.15) is 0 Å². The van der Waals surface area contributed by atoms with Gasteiger partial charge in [0, 0.05) is 37.3 Å². The molecule has 1 aromatic carbocycles. The fraction of sp³-hybridized carbons (Fsp3) is 0.611. The van der Waals surface area contributed by atoms with Gasteiger partial charge in [-0.3, -0.25) is 9.10 Å². The van der Waals surface area contributed by atoms with E-state index in [0.29, 0.717) is 36.3 Å². The number of carbonyl (C=O) groups is 1. The number of nitrogens with one attached hydrogen (secondary N) is 1. The molecule has 3 aliphatic heterocycles. The van der Waals surface area contributed by atoms with Crippen molar-refractivity contribution in [1.82, 2.24) is 10.2 Å². The van der Waals surface area contributed by atoms with E-state index >= 15 is 0 Å². The summed E-state index contributed by atoms with van der Waals surface area (Å²) in [7, 11) is -1.36. The third kappa shape index (κ3) is 3.15. The summed E-state index contributed by atoms with van der Waals surface area (Å²) in [6.45, 7) is 0.494. The van der Waals surface area contributed by atoms with E-state index < -0.39 is 10.0 Å². The van der Waals surface area contributed by atoms with E-state index in [9.17, 15) is 13.2 Å². The third-order valence-corrected chi connectivity index (χ3v) is 7.67. The Bertz CT molecular complexity index is 768. The van der Waals surface area contributed by atoms with Gasteiger partial charge in [0.25, 0.3) is 5.91 Å². The lowest BCUT2D eigenvalue weighted by Gasteiger charge is -2.35. The Hall–Kier alpha value is -1.60. The van der Waals surface area contributed by atoms with Crippen LogP contribution in [0.5, 0.6) is 0 Å². The summed E-state index contributed by atoms with van der Waals surface area (Å²) >= 11 is 0. The molecule has 4 rings (SSSR count). The lowest BCUT2D eigenvalue weighted by atomic mass is 9.98. The molecule has 2 bridgehead atoms. The topological polar surface area (TPSA) is 69.7 Å². The minimum atomic E-state index is -3.23. The van der Waals surface area contributed by atoms with Gasteiger partial charge < -0.3 is 10.2 Å². The van der Waals surface area contributed by atoms with Crippen molar-refractivity contribution in [1.29, 1.82) is 0 Å². The van der Waals surface area contributed by atoms with Crippen molar-refractivity contribution in [3.05, 3.63) is 29.8 Å². The van der Waals surface area contributed by atoms with Gasteiger partial charge in [-0.1, -0.05) is 6.07 Å². The molecule has 3 fully saturated rings. The molecule has 0 aliphatic carbocycles. The first-order valence-corrected chi connectivity index (χ1v) is 10.7.